The zero-order valence-electron chi connectivity index (χ0n) is 16.9. The Morgan fingerprint density at radius 1 is 1.08 bits per heavy atom. The first-order chi connectivity index (χ1) is 12.1. The van der Waals surface area contributed by atoms with Gasteiger partial charge in [-0.05, 0) is 17.3 Å². The molecule has 2 aromatic heterocycles. The van der Waals surface area contributed by atoms with Crippen molar-refractivity contribution in [2.75, 3.05) is 17.2 Å². The van der Waals surface area contributed by atoms with Crippen molar-refractivity contribution in [2.24, 2.45) is 16.7 Å². The Bertz CT molecular complexity index is 788. The van der Waals surface area contributed by atoms with Crippen LogP contribution < -0.4 is 10.6 Å². The zero-order chi connectivity index (χ0) is 18.7. The number of hydrogen-bond donors (Lipinski definition) is 2. The summed E-state index contributed by atoms with van der Waals surface area (Å²) in [6.45, 7) is 15.8. The lowest BCUT2D eigenvalue weighted by atomic mass is 9.80. The Labute approximate surface area is 156 Å². The van der Waals surface area contributed by atoms with E-state index in [4.69, 9.17) is 5.10 Å². The van der Waals surface area contributed by atoms with Gasteiger partial charge in [0, 0.05) is 31.1 Å². The number of fused-ring (bicyclic) bond motifs is 2. The van der Waals surface area contributed by atoms with Crippen LogP contribution in [-0.2, 0) is 6.54 Å². The molecule has 3 atom stereocenters. The van der Waals surface area contributed by atoms with Crippen molar-refractivity contribution in [2.45, 2.75) is 66.6 Å². The van der Waals surface area contributed by atoms with Gasteiger partial charge in [-0.1, -0.05) is 41.5 Å². The van der Waals surface area contributed by atoms with Crippen LogP contribution in [0.3, 0.4) is 0 Å². The molecular weight excluding hydrogens is 324 g/mol. The smallest absolute Gasteiger partial charge is 0.125 e. The second-order valence-electron chi connectivity index (χ2n) is 10.1. The van der Waals surface area contributed by atoms with E-state index in [9.17, 15) is 0 Å². The normalized spacial score (nSPS) is 25.8. The van der Waals surface area contributed by atoms with Crippen LogP contribution >= 0.6 is 0 Å². The van der Waals surface area contributed by atoms with Crippen molar-refractivity contribution in [3.63, 3.8) is 0 Å². The van der Waals surface area contributed by atoms with E-state index in [1.807, 2.05) is 6.20 Å². The monoisotopic (exact) mass is 356 g/mol. The van der Waals surface area contributed by atoms with Gasteiger partial charge in [0.05, 0.1) is 24.0 Å². The Morgan fingerprint density at radius 2 is 1.85 bits per heavy atom. The van der Waals surface area contributed by atoms with Crippen LogP contribution in [0.25, 0.3) is 0 Å². The molecule has 0 fully saturated rings. The fourth-order valence-corrected chi connectivity index (χ4v) is 4.12. The molecule has 6 nitrogen and oxygen atoms in total. The molecule has 0 bridgehead atoms. The third kappa shape index (κ3) is 2.99. The van der Waals surface area contributed by atoms with Crippen molar-refractivity contribution >= 4 is 11.6 Å². The van der Waals surface area contributed by atoms with Crippen LogP contribution in [0.1, 0.15) is 65.7 Å². The Hall–Kier alpha value is -1.98. The van der Waals surface area contributed by atoms with E-state index in [0.29, 0.717) is 12.0 Å². The largest absolute Gasteiger partial charge is 0.370 e. The molecule has 0 spiro atoms. The van der Waals surface area contributed by atoms with Crippen LogP contribution in [-0.4, -0.2) is 26.1 Å². The SMILES string of the molecule is CC(C)(C)C1CNc2cc(C3CC(C(C)(C)C)n4nccc4N3)nn2C1. The molecule has 0 radical (unpaired) electrons. The van der Waals surface area contributed by atoms with Crippen molar-refractivity contribution in [1.29, 1.82) is 0 Å². The molecule has 6 heteroatoms. The minimum atomic E-state index is 0.149. The maximum Gasteiger partial charge on any atom is 0.125 e. The third-order valence-corrected chi connectivity index (χ3v) is 6.05. The van der Waals surface area contributed by atoms with Gasteiger partial charge < -0.3 is 10.6 Å². The van der Waals surface area contributed by atoms with Crippen LogP contribution in [0.15, 0.2) is 18.3 Å². The molecule has 4 rings (SSSR count). The van der Waals surface area contributed by atoms with Crippen molar-refractivity contribution in [3.05, 3.63) is 24.0 Å². The highest BCUT2D eigenvalue weighted by Gasteiger charge is 2.37. The highest BCUT2D eigenvalue weighted by Crippen LogP contribution is 2.44. The molecule has 2 aliphatic heterocycles. The summed E-state index contributed by atoms with van der Waals surface area (Å²) in [6, 6.07) is 4.86. The first kappa shape index (κ1) is 17.4. The fraction of sp³-hybridized carbons (Fsp3) is 0.700. The summed E-state index contributed by atoms with van der Waals surface area (Å²) >= 11 is 0. The molecule has 0 saturated heterocycles. The van der Waals surface area contributed by atoms with Crippen molar-refractivity contribution in [1.82, 2.24) is 19.6 Å². The highest BCUT2D eigenvalue weighted by atomic mass is 15.4. The summed E-state index contributed by atoms with van der Waals surface area (Å²) in [5, 5.41) is 16.8. The van der Waals surface area contributed by atoms with E-state index >= 15 is 0 Å². The average Bonchev–Trinajstić information content (AvgIpc) is 3.17. The second-order valence-corrected chi connectivity index (χ2v) is 10.1. The molecule has 2 aromatic rings. The predicted octanol–water partition coefficient (Wildman–Crippen LogP) is 4.31. The Kier molecular flexibility index (Phi) is 3.86. The van der Waals surface area contributed by atoms with E-state index in [1.54, 1.807) is 0 Å². The fourth-order valence-electron chi connectivity index (χ4n) is 4.12. The van der Waals surface area contributed by atoms with E-state index < -0.39 is 0 Å². The van der Waals surface area contributed by atoms with Crippen LogP contribution in [0.4, 0.5) is 11.6 Å². The number of aromatic nitrogens is 4. The number of hydrogen-bond acceptors (Lipinski definition) is 4. The molecule has 0 aromatic carbocycles. The lowest BCUT2D eigenvalue weighted by Crippen LogP contribution is -2.36. The van der Waals surface area contributed by atoms with Crippen LogP contribution in [0, 0.1) is 16.7 Å². The topological polar surface area (TPSA) is 59.7 Å². The highest BCUT2D eigenvalue weighted by molar-refractivity contribution is 5.45. The first-order valence-corrected chi connectivity index (χ1v) is 9.74. The van der Waals surface area contributed by atoms with Gasteiger partial charge in [0.2, 0.25) is 0 Å². The Morgan fingerprint density at radius 3 is 2.54 bits per heavy atom. The summed E-state index contributed by atoms with van der Waals surface area (Å²) in [5.41, 5.74) is 1.56. The van der Waals surface area contributed by atoms with E-state index in [-0.39, 0.29) is 16.9 Å². The molecule has 142 valence electrons. The lowest BCUT2D eigenvalue weighted by molar-refractivity contribution is 0.192. The van der Waals surface area contributed by atoms with Crippen LogP contribution in [0.5, 0.6) is 0 Å². The molecule has 0 aliphatic carbocycles. The number of nitrogens with one attached hydrogen (secondary N) is 2. The number of anilines is 2. The standard InChI is InChI=1S/C20H32N6/c1-19(2,3)13-11-21-18-10-15(24-25(18)12-13)14-9-16(20(4,5)6)26-17(23-14)7-8-22-26/h7-8,10,13-14,16,21,23H,9,11-12H2,1-6H3. The summed E-state index contributed by atoms with van der Waals surface area (Å²) in [5.74, 6) is 2.83. The van der Waals surface area contributed by atoms with Gasteiger partial charge in [0.25, 0.3) is 0 Å². The van der Waals surface area contributed by atoms with Gasteiger partial charge in [-0.3, -0.25) is 0 Å². The molecule has 4 heterocycles. The van der Waals surface area contributed by atoms with Gasteiger partial charge in [-0.2, -0.15) is 10.2 Å². The molecule has 0 amide bonds. The minimum absolute atomic E-state index is 0.149. The van der Waals surface area contributed by atoms with E-state index in [0.717, 1.165) is 36.8 Å². The predicted molar refractivity (Wildman–Crippen MR) is 105 cm³/mol. The Balaban J connectivity index is 1.61. The van der Waals surface area contributed by atoms with Gasteiger partial charge in [-0.15, -0.1) is 0 Å². The lowest BCUT2D eigenvalue weighted by Gasteiger charge is -2.38. The number of nitrogens with zero attached hydrogens (tertiary/aromatic N) is 4. The molecule has 3 unspecified atom stereocenters. The number of rotatable bonds is 1. The third-order valence-electron chi connectivity index (χ3n) is 6.05. The van der Waals surface area contributed by atoms with Gasteiger partial charge in [-0.25, -0.2) is 9.36 Å². The van der Waals surface area contributed by atoms with Crippen LogP contribution in [0.2, 0.25) is 0 Å². The van der Waals surface area contributed by atoms with Gasteiger partial charge >= 0.3 is 0 Å². The maximum absolute atomic E-state index is 4.97. The molecule has 0 saturated carbocycles. The van der Waals surface area contributed by atoms with E-state index in [2.05, 4.69) is 78.8 Å². The minimum Gasteiger partial charge on any atom is -0.370 e. The van der Waals surface area contributed by atoms with E-state index in [1.165, 1.54) is 0 Å². The molecule has 2 aliphatic rings. The summed E-state index contributed by atoms with van der Waals surface area (Å²) in [7, 11) is 0. The molecular formula is C20H32N6. The molecule has 26 heavy (non-hydrogen) atoms. The molecule has 2 N–H and O–H groups in total. The maximum atomic E-state index is 4.97. The average molecular weight is 357 g/mol. The quantitative estimate of drug-likeness (QED) is 0.799. The van der Waals surface area contributed by atoms with Crippen molar-refractivity contribution < 1.29 is 0 Å². The van der Waals surface area contributed by atoms with Crippen molar-refractivity contribution in [3.8, 4) is 0 Å². The summed E-state index contributed by atoms with van der Waals surface area (Å²) in [4.78, 5) is 0. The van der Waals surface area contributed by atoms with Gasteiger partial charge in [0.15, 0.2) is 0 Å². The van der Waals surface area contributed by atoms with Gasteiger partial charge in [0.1, 0.15) is 11.6 Å². The first-order valence-electron chi connectivity index (χ1n) is 9.74. The summed E-state index contributed by atoms with van der Waals surface area (Å²) < 4.78 is 4.30. The second kappa shape index (κ2) is 5.76. The summed E-state index contributed by atoms with van der Waals surface area (Å²) in [6.07, 6.45) is 2.88. The zero-order valence-corrected chi connectivity index (χ0v) is 16.9.